The highest BCUT2D eigenvalue weighted by Crippen LogP contribution is 2.34. The average Bonchev–Trinajstić information content (AvgIpc) is 2.36. The second-order valence-corrected chi connectivity index (χ2v) is 7.83. The summed E-state index contributed by atoms with van der Waals surface area (Å²) in [4.78, 5) is 11.9. The summed E-state index contributed by atoms with van der Waals surface area (Å²) in [7, 11) is 1.81. The van der Waals surface area contributed by atoms with Crippen molar-refractivity contribution in [1.29, 1.82) is 0 Å². The Morgan fingerprint density at radius 2 is 1.86 bits per heavy atom. The van der Waals surface area contributed by atoms with Crippen molar-refractivity contribution in [2.24, 2.45) is 0 Å². The highest BCUT2D eigenvalue weighted by molar-refractivity contribution is 5.68. The molecule has 128 valence electrons. The summed E-state index contributed by atoms with van der Waals surface area (Å²) in [5.41, 5.74) is -0.378. The minimum absolute atomic E-state index is 0.0610. The maximum Gasteiger partial charge on any atom is 0.407 e. The molecule has 0 aromatic carbocycles. The molecule has 2 aliphatic rings. The predicted molar refractivity (Wildman–Crippen MR) is 87.0 cm³/mol. The third kappa shape index (κ3) is 5.13. The van der Waals surface area contributed by atoms with Gasteiger partial charge in [0.05, 0.1) is 5.60 Å². The van der Waals surface area contributed by atoms with E-state index < -0.39 is 5.60 Å². The van der Waals surface area contributed by atoms with E-state index in [1.165, 1.54) is 12.8 Å². The molecule has 0 spiro atoms. The molecule has 0 saturated heterocycles. The fourth-order valence-electron chi connectivity index (χ4n) is 3.34. The molecule has 5 nitrogen and oxygen atoms in total. The molecule has 0 aliphatic heterocycles. The molecule has 2 fully saturated rings. The Morgan fingerprint density at radius 1 is 1.18 bits per heavy atom. The van der Waals surface area contributed by atoms with E-state index in [0.717, 1.165) is 38.6 Å². The maximum atomic E-state index is 11.9. The van der Waals surface area contributed by atoms with E-state index in [0.29, 0.717) is 6.04 Å². The lowest BCUT2D eigenvalue weighted by atomic mass is 9.79. The van der Waals surface area contributed by atoms with E-state index >= 15 is 0 Å². The Morgan fingerprint density at radius 3 is 2.41 bits per heavy atom. The van der Waals surface area contributed by atoms with Crippen LogP contribution in [0, 0.1) is 0 Å². The smallest absolute Gasteiger partial charge is 0.407 e. The Labute approximate surface area is 134 Å². The van der Waals surface area contributed by atoms with Crippen LogP contribution >= 0.6 is 0 Å². The first kappa shape index (κ1) is 17.5. The fraction of sp³-hybridized carbons (Fsp3) is 0.941. The van der Waals surface area contributed by atoms with Crippen molar-refractivity contribution in [2.45, 2.75) is 89.0 Å². The van der Waals surface area contributed by atoms with Crippen LogP contribution in [0.25, 0.3) is 0 Å². The highest BCUT2D eigenvalue weighted by Gasteiger charge is 2.37. The first-order chi connectivity index (χ1) is 10.3. The minimum Gasteiger partial charge on any atom is -0.444 e. The van der Waals surface area contributed by atoms with Gasteiger partial charge >= 0.3 is 6.09 Å². The molecule has 2 saturated carbocycles. The van der Waals surface area contributed by atoms with Crippen LogP contribution in [0.4, 0.5) is 4.79 Å². The van der Waals surface area contributed by atoms with Crippen LogP contribution in [0.1, 0.15) is 65.7 Å². The molecular formula is C17H32N2O3. The zero-order valence-corrected chi connectivity index (χ0v) is 14.5. The number of methoxy groups -OCH3 is 1. The summed E-state index contributed by atoms with van der Waals surface area (Å²) >= 11 is 0. The zero-order chi connectivity index (χ0) is 16.2. The van der Waals surface area contributed by atoms with Crippen molar-refractivity contribution in [3.8, 4) is 0 Å². The van der Waals surface area contributed by atoms with Crippen LogP contribution < -0.4 is 10.6 Å². The summed E-state index contributed by atoms with van der Waals surface area (Å²) < 4.78 is 11.0. The molecule has 22 heavy (non-hydrogen) atoms. The Hall–Kier alpha value is -0.810. The number of alkyl carbamates (subject to hydrolysis) is 1. The summed E-state index contributed by atoms with van der Waals surface area (Å²) in [5.74, 6) is 0. The van der Waals surface area contributed by atoms with Gasteiger partial charge in [-0.1, -0.05) is 0 Å². The van der Waals surface area contributed by atoms with Gasteiger partial charge in [0.25, 0.3) is 0 Å². The summed E-state index contributed by atoms with van der Waals surface area (Å²) in [6.07, 6.45) is 7.59. The topological polar surface area (TPSA) is 59.6 Å². The van der Waals surface area contributed by atoms with Gasteiger partial charge in [-0.3, -0.25) is 0 Å². The lowest BCUT2D eigenvalue weighted by Crippen LogP contribution is -2.52. The van der Waals surface area contributed by atoms with Crippen molar-refractivity contribution in [3.63, 3.8) is 0 Å². The molecular weight excluding hydrogens is 280 g/mol. The Balaban J connectivity index is 1.73. The van der Waals surface area contributed by atoms with Gasteiger partial charge in [-0.25, -0.2) is 4.79 Å². The van der Waals surface area contributed by atoms with Gasteiger partial charge in [0.2, 0.25) is 0 Å². The number of nitrogens with one attached hydrogen (secondary N) is 2. The SMILES string of the molecule is COC1(CNC2CCCC(NC(=O)OC(C)(C)C)C2)CCC1. The number of carbonyl (C=O) groups excluding carboxylic acids is 1. The first-order valence-electron chi connectivity index (χ1n) is 8.60. The third-order valence-corrected chi connectivity index (χ3v) is 4.81. The molecule has 0 radical (unpaired) electrons. The molecule has 2 aliphatic carbocycles. The molecule has 2 rings (SSSR count). The van der Waals surface area contributed by atoms with E-state index in [4.69, 9.17) is 9.47 Å². The Bertz CT molecular complexity index is 369. The highest BCUT2D eigenvalue weighted by atomic mass is 16.6. The van der Waals surface area contributed by atoms with Gasteiger partial charge in [-0.2, -0.15) is 0 Å². The van der Waals surface area contributed by atoms with Crippen LogP contribution in [0.5, 0.6) is 0 Å². The van der Waals surface area contributed by atoms with E-state index in [-0.39, 0.29) is 17.7 Å². The second kappa shape index (κ2) is 7.18. The van der Waals surface area contributed by atoms with E-state index in [9.17, 15) is 4.79 Å². The van der Waals surface area contributed by atoms with Crippen molar-refractivity contribution >= 4 is 6.09 Å². The average molecular weight is 312 g/mol. The quantitative estimate of drug-likeness (QED) is 0.819. The monoisotopic (exact) mass is 312 g/mol. The van der Waals surface area contributed by atoms with Gasteiger partial charge in [0.1, 0.15) is 5.60 Å². The molecule has 0 aromatic rings. The predicted octanol–water partition coefficient (Wildman–Crippen LogP) is 2.98. The standard InChI is InChI=1S/C17H32N2O3/c1-16(2,3)22-15(20)19-14-8-5-7-13(11-14)18-12-17(21-4)9-6-10-17/h13-14,18H,5-12H2,1-4H3,(H,19,20). The molecule has 0 bridgehead atoms. The lowest BCUT2D eigenvalue weighted by molar-refractivity contribution is -0.0715. The minimum atomic E-state index is -0.439. The molecule has 5 heteroatoms. The van der Waals surface area contributed by atoms with Crippen molar-refractivity contribution in [3.05, 3.63) is 0 Å². The summed E-state index contributed by atoms with van der Waals surface area (Å²) in [6.45, 7) is 6.59. The van der Waals surface area contributed by atoms with E-state index in [2.05, 4.69) is 10.6 Å². The summed E-state index contributed by atoms with van der Waals surface area (Å²) in [5, 5.41) is 6.66. The van der Waals surface area contributed by atoms with Crippen molar-refractivity contribution in [2.75, 3.05) is 13.7 Å². The number of rotatable bonds is 5. The van der Waals surface area contributed by atoms with Gasteiger partial charge in [0.15, 0.2) is 0 Å². The van der Waals surface area contributed by atoms with E-state index in [1.807, 2.05) is 27.9 Å². The second-order valence-electron chi connectivity index (χ2n) is 7.83. The van der Waals surface area contributed by atoms with Crippen LogP contribution in [-0.2, 0) is 9.47 Å². The van der Waals surface area contributed by atoms with Crippen LogP contribution in [0.2, 0.25) is 0 Å². The van der Waals surface area contributed by atoms with Crippen molar-refractivity contribution < 1.29 is 14.3 Å². The first-order valence-corrected chi connectivity index (χ1v) is 8.60. The third-order valence-electron chi connectivity index (χ3n) is 4.81. The Kier molecular flexibility index (Phi) is 5.72. The number of amides is 1. The summed E-state index contributed by atoms with van der Waals surface area (Å²) in [6, 6.07) is 0.669. The fourth-order valence-corrected chi connectivity index (χ4v) is 3.34. The number of hydrogen-bond donors (Lipinski definition) is 2. The number of ether oxygens (including phenoxy) is 2. The van der Waals surface area contributed by atoms with Crippen molar-refractivity contribution in [1.82, 2.24) is 10.6 Å². The zero-order valence-electron chi connectivity index (χ0n) is 14.5. The lowest BCUT2D eigenvalue weighted by Gasteiger charge is -2.42. The van der Waals surface area contributed by atoms with Gasteiger partial charge in [-0.15, -0.1) is 0 Å². The molecule has 1 amide bonds. The largest absolute Gasteiger partial charge is 0.444 e. The van der Waals surface area contributed by atoms with Crippen LogP contribution in [0.3, 0.4) is 0 Å². The van der Waals surface area contributed by atoms with Crippen LogP contribution in [-0.4, -0.2) is 43.0 Å². The number of carbonyl (C=O) groups is 1. The van der Waals surface area contributed by atoms with Crippen LogP contribution in [0.15, 0.2) is 0 Å². The normalized spacial score (nSPS) is 27.8. The van der Waals surface area contributed by atoms with Gasteiger partial charge < -0.3 is 20.1 Å². The van der Waals surface area contributed by atoms with E-state index in [1.54, 1.807) is 0 Å². The molecule has 0 heterocycles. The molecule has 0 aromatic heterocycles. The maximum absolute atomic E-state index is 11.9. The molecule has 2 N–H and O–H groups in total. The van der Waals surface area contributed by atoms with Gasteiger partial charge in [0, 0.05) is 25.7 Å². The van der Waals surface area contributed by atoms with Gasteiger partial charge in [-0.05, 0) is 65.7 Å². The molecule has 2 unspecified atom stereocenters. The number of hydrogen-bond acceptors (Lipinski definition) is 4. The molecule has 2 atom stereocenters.